The molecular weight excluding hydrogens is 266 g/mol. The van der Waals surface area contributed by atoms with Crippen molar-refractivity contribution in [3.05, 3.63) is 48.2 Å². The van der Waals surface area contributed by atoms with Crippen LogP contribution in [0.2, 0.25) is 0 Å². The van der Waals surface area contributed by atoms with Crippen molar-refractivity contribution in [3.8, 4) is 0 Å². The topological polar surface area (TPSA) is 111 Å². The molecule has 0 amide bonds. The Morgan fingerprint density at radius 3 is 2.63 bits per heavy atom. The van der Waals surface area contributed by atoms with Crippen molar-refractivity contribution >= 4 is 10.0 Å². The third kappa shape index (κ3) is 3.53. The summed E-state index contributed by atoms with van der Waals surface area (Å²) < 4.78 is 26.3. The Morgan fingerprint density at radius 2 is 2.05 bits per heavy atom. The van der Waals surface area contributed by atoms with Gasteiger partial charge in [-0.1, -0.05) is 6.07 Å². The zero-order valence-corrected chi connectivity index (χ0v) is 10.8. The zero-order chi connectivity index (χ0) is 13.7. The predicted molar refractivity (Wildman–Crippen MR) is 68.2 cm³/mol. The molecule has 0 spiro atoms. The molecule has 0 saturated carbocycles. The molecule has 2 aromatic heterocycles. The van der Waals surface area contributed by atoms with Gasteiger partial charge in [0.05, 0.1) is 12.2 Å². The number of sulfonamides is 1. The molecule has 0 aliphatic heterocycles. The van der Waals surface area contributed by atoms with Crippen LogP contribution >= 0.6 is 0 Å². The summed E-state index contributed by atoms with van der Waals surface area (Å²) in [5, 5.41) is -0.0428. The van der Waals surface area contributed by atoms with E-state index in [0.717, 1.165) is 5.56 Å². The number of pyridine rings is 1. The van der Waals surface area contributed by atoms with Crippen LogP contribution in [0.1, 0.15) is 11.3 Å². The maximum absolute atomic E-state index is 12.0. The number of nitrogens with two attached hydrogens (primary N) is 1. The molecule has 0 bridgehead atoms. The van der Waals surface area contributed by atoms with Gasteiger partial charge in [0.15, 0.2) is 5.03 Å². The van der Waals surface area contributed by atoms with Crippen molar-refractivity contribution in [2.24, 2.45) is 5.73 Å². The molecule has 3 N–H and O–H groups in total. The Balaban J connectivity index is 2.09. The summed E-state index contributed by atoms with van der Waals surface area (Å²) in [7, 11) is -3.65. The molecule has 2 heterocycles. The van der Waals surface area contributed by atoms with Crippen LogP contribution in [0.3, 0.4) is 0 Å². The van der Waals surface area contributed by atoms with Crippen LogP contribution < -0.4 is 10.5 Å². The fourth-order valence-electron chi connectivity index (χ4n) is 1.36. The highest BCUT2D eigenvalue weighted by Gasteiger charge is 2.15. The maximum Gasteiger partial charge on any atom is 0.258 e. The summed E-state index contributed by atoms with van der Waals surface area (Å²) in [6.07, 6.45) is 4.35. The molecule has 2 aromatic rings. The Morgan fingerprint density at radius 1 is 1.21 bits per heavy atom. The average molecular weight is 279 g/mol. The van der Waals surface area contributed by atoms with Gasteiger partial charge in [-0.05, 0) is 17.7 Å². The number of hydrogen-bond donors (Lipinski definition) is 2. The lowest BCUT2D eigenvalue weighted by Crippen LogP contribution is -2.24. The van der Waals surface area contributed by atoms with Gasteiger partial charge in [0.2, 0.25) is 0 Å². The van der Waals surface area contributed by atoms with Gasteiger partial charge in [-0.2, -0.15) is 0 Å². The second-order valence-corrected chi connectivity index (χ2v) is 5.45. The van der Waals surface area contributed by atoms with Crippen molar-refractivity contribution in [1.29, 1.82) is 0 Å². The van der Waals surface area contributed by atoms with Crippen molar-refractivity contribution < 1.29 is 8.42 Å². The molecule has 0 aliphatic rings. The molecule has 0 radical (unpaired) electrons. The van der Waals surface area contributed by atoms with E-state index in [0.29, 0.717) is 12.2 Å². The standard InChI is InChI=1S/C11H13N5O2S/c12-5-9-1-2-11(14-6-9)19(17,18)16-7-10-3-4-13-8-15-10/h1-4,6,8,16H,5,7,12H2. The van der Waals surface area contributed by atoms with Gasteiger partial charge in [0, 0.05) is 18.9 Å². The third-order valence-corrected chi connectivity index (χ3v) is 3.71. The van der Waals surface area contributed by atoms with Gasteiger partial charge in [-0.25, -0.2) is 28.1 Å². The number of aromatic nitrogens is 3. The van der Waals surface area contributed by atoms with Crippen LogP contribution in [0.4, 0.5) is 0 Å². The van der Waals surface area contributed by atoms with Gasteiger partial charge >= 0.3 is 0 Å². The zero-order valence-electron chi connectivity index (χ0n) is 10.0. The van der Waals surface area contributed by atoms with E-state index >= 15 is 0 Å². The Labute approximate surface area is 111 Å². The lowest BCUT2D eigenvalue weighted by atomic mass is 10.3. The molecule has 100 valence electrons. The molecule has 7 nitrogen and oxygen atoms in total. The van der Waals surface area contributed by atoms with Crippen molar-refractivity contribution in [1.82, 2.24) is 19.7 Å². The summed E-state index contributed by atoms with van der Waals surface area (Å²) >= 11 is 0. The lowest BCUT2D eigenvalue weighted by Gasteiger charge is -2.06. The fraction of sp³-hybridized carbons (Fsp3) is 0.182. The SMILES string of the molecule is NCc1ccc(S(=O)(=O)NCc2ccncn2)nc1. The van der Waals surface area contributed by atoms with Crippen molar-refractivity contribution in [2.75, 3.05) is 0 Å². The second kappa shape index (κ2) is 5.83. The van der Waals surface area contributed by atoms with Crippen LogP contribution in [0.15, 0.2) is 41.9 Å². The highest BCUT2D eigenvalue weighted by Crippen LogP contribution is 2.06. The van der Waals surface area contributed by atoms with E-state index in [1.54, 1.807) is 18.3 Å². The Kier molecular flexibility index (Phi) is 4.15. The fourth-order valence-corrected chi connectivity index (χ4v) is 2.28. The molecule has 2 rings (SSSR count). The van der Waals surface area contributed by atoms with E-state index in [9.17, 15) is 8.42 Å². The summed E-state index contributed by atoms with van der Waals surface area (Å²) in [5.74, 6) is 0. The van der Waals surface area contributed by atoms with Gasteiger partial charge < -0.3 is 5.73 Å². The van der Waals surface area contributed by atoms with E-state index in [4.69, 9.17) is 5.73 Å². The first-order valence-electron chi connectivity index (χ1n) is 5.51. The van der Waals surface area contributed by atoms with Gasteiger partial charge in [0.25, 0.3) is 10.0 Å². The minimum atomic E-state index is -3.65. The Bertz CT molecular complexity index is 628. The van der Waals surface area contributed by atoms with E-state index in [2.05, 4.69) is 19.7 Å². The Hall–Kier alpha value is -1.90. The molecule has 8 heteroatoms. The monoisotopic (exact) mass is 279 g/mol. The molecule has 0 fully saturated rings. The highest BCUT2D eigenvalue weighted by atomic mass is 32.2. The molecular formula is C11H13N5O2S. The van der Waals surface area contributed by atoms with Crippen molar-refractivity contribution in [2.45, 2.75) is 18.1 Å². The normalized spacial score (nSPS) is 11.4. The van der Waals surface area contributed by atoms with E-state index in [1.165, 1.54) is 18.6 Å². The van der Waals surface area contributed by atoms with Gasteiger partial charge in [0.1, 0.15) is 6.33 Å². The molecule has 0 aliphatic carbocycles. The lowest BCUT2D eigenvalue weighted by molar-refractivity contribution is 0.576. The average Bonchev–Trinajstić information content (AvgIpc) is 2.46. The summed E-state index contributed by atoms with van der Waals surface area (Å²) in [4.78, 5) is 11.6. The number of nitrogens with one attached hydrogen (secondary N) is 1. The molecule has 0 unspecified atom stereocenters. The number of rotatable bonds is 5. The minimum Gasteiger partial charge on any atom is -0.326 e. The molecule has 0 atom stereocenters. The predicted octanol–water partition coefficient (Wildman–Crippen LogP) is -0.191. The summed E-state index contributed by atoms with van der Waals surface area (Å²) in [6.45, 7) is 0.410. The largest absolute Gasteiger partial charge is 0.326 e. The first kappa shape index (κ1) is 13.5. The quantitative estimate of drug-likeness (QED) is 0.784. The van der Waals surface area contributed by atoms with Crippen molar-refractivity contribution in [3.63, 3.8) is 0 Å². The van der Waals surface area contributed by atoms with Crippen LogP contribution in [-0.4, -0.2) is 23.4 Å². The first-order valence-corrected chi connectivity index (χ1v) is 7.00. The van der Waals surface area contributed by atoms with Crippen LogP contribution in [-0.2, 0) is 23.1 Å². The van der Waals surface area contributed by atoms with Crippen LogP contribution in [0.25, 0.3) is 0 Å². The van der Waals surface area contributed by atoms with E-state index in [1.807, 2.05) is 0 Å². The highest BCUT2D eigenvalue weighted by molar-refractivity contribution is 7.89. The van der Waals surface area contributed by atoms with E-state index < -0.39 is 10.0 Å². The smallest absolute Gasteiger partial charge is 0.258 e. The first-order chi connectivity index (χ1) is 9.12. The summed E-state index contributed by atoms with van der Waals surface area (Å²) in [5.41, 5.74) is 6.78. The number of hydrogen-bond acceptors (Lipinski definition) is 6. The van der Waals surface area contributed by atoms with Gasteiger partial charge in [-0.3, -0.25) is 0 Å². The van der Waals surface area contributed by atoms with Crippen LogP contribution in [0.5, 0.6) is 0 Å². The third-order valence-electron chi connectivity index (χ3n) is 2.40. The van der Waals surface area contributed by atoms with E-state index in [-0.39, 0.29) is 11.6 Å². The second-order valence-electron chi connectivity index (χ2n) is 3.73. The molecule has 19 heavy (non-hydrogen) atoms. The molecule has 0 aromatic carbocycles. The summed E-state index contributed by atoms with van der Waals surface area (Å²) in [6, 6.07) is 4.68. The van der Waals surface area contributed by atoms with Crippen LogP contribution in [0, 0.1) is 0 Å². The molecule has 0 saturated heterocycles. The van der Waals surface area contributed by atoms with Gasteiger partial charge in [-0.15, -0.1) is 0 Å². The maximum atomic E-state index is 12.0. The minimum absolute atomic E-state index is 0.0428. The number of nitrogens with zero attached hydrogens (tertiary/aromatic N) is 3.